The van der Waals surface area contributed by atoms with Crippen LogP contribution in [0.5, 0.6) is 0 Å². The van der Waals surface area contributed by atoms with Gasteiger partial charge in [-0.15, -0.1) is 0 Å². The van der Waals surface area contributed by atoms with Crippen LogP contribution < -0.4 is 0 Å². The average molecular weight is 232 g/mol. The van der Waals surface area contributed by atoms with Gasteiger partial charge in [-0.1, -0.05) is 0 Å². The molecule has 0 aromatic rings. The maximum absolute atomic E-state index is 2.21. The van der Waals surface area contributed by atoms with E-state index in [4.69, 9.17) is 0 Å². The number of hydrogen-bond donors (Lipinski definition) is 0. The Kier molecular flexibility index (Phi) is 16.3. The van der Waals surface area contributed by atoms with E-state index in [1.807, 2.05) is 0 Å². The summed E-state index contributed by atoms with van der Waals surface area (Å²) in [7, 11) is 0. The van der Waals surface area contributed by atoms with Crippen molar-refractivity contribution in [1.82, 2.24) is 0 Å². The zero-order chi connectivity index (χ0) is 4.12. The molecule has 0 aromatic heterocycles. The van der Waals surface area contributed by atoms with Crippen molar-refractivity contribution in [2.75, 3.05) is 0 Å². The van der Waals surface area contributed by atoms with Crippen molar-refractivity contribution in [3.63, 3.8) is 0 Å². The fraction of sp³-hybridized carbons (Fsp3) is 1.00. The third-order valence-electron chi connectivity index (χ3n) is 0.471. The molecule has 0 atom stereocenters. The molecule has 40 valence electrons. The summed E-state index contributed by atoms with van der Waals surface area (Å²) in [5, 5.41) is 0. The number of hydrogen-bond acceptors (Lipinski definition) is 0. The SMILES string of the molecule is CCC[CH2][Tb+2].[O-2]. The minimum Gasteiger partial charge on any atom is -2.00 e. The van der Waals surface area contributed by atoms with E-state index in [0.717, 1.165) is 0 Å². The molecule has 2 heteroatoms. The molecule has 0 rings (SSSR count). The molecule has 0 aliphatic heterocycles. The van der Waals surface area contributed by atoms with Crippen LogP contribution in [0, 0.1) is 36.6 Å². The smallest absolute Gasteiger partial charge is 2.00 e. The first-order chi connectivity index (χ1) is 2.41. The summed E-state index contributed by atoms with van der Waals surface area (Å²) in [5.74, 6) is 0. The van der Waals surface area contributed by atoms with E-state index < -0.39 is 0 Å². The van der Waals surface area contributed by atoms with Crippen molar-refractivity contribution in [2.24, 2.45) is 0 Å². The first-order valence-corrected chi connectivity index (χ1v) is 3.46. The van der Waals surface area contributed by atoms with E-state index in [1.165, 1.54) is 15.2 Å². The van der Waals surface area contributed by atoms with Crippen molar-refractivity contribution in [1.29, 1.82) is 0 Å². The van der Waals surface area contributed by atoms with Gasteiger partial charge in [0.25, 0.3) is 0 Å². The Bertz CT molecular complexity index is 15.0. The second-order valence-electron chi connectivity index (χ2n) is 1.02. The van der Waals surface area contributed by atoms with Gasteiger partial charge in [-0.2, -0.15) is 0 Å². The minimum atomic E-state index is 0. The maximum Gasteiger partial charge on any atom is -2.00 e. The summed E-state index contributed by atoms with van der Waals surface area (Å²) in [6.45, 7) is 2.21. The molecule has 0 aromatic carbocycles. The largest absolute Gasteiger partial charge is 2.00 e. The molecule has 0 amide bonds. The van der Waals surface area contributed by atoms with E-state index in [0.29, 0.717) is 0 Å². The van der Waals surface area contributed by atoms with Crippen LogP contribution in [-0.4, -0.2) is 0 Å². The molecule has 0 radical (unpaired) electrons. The minimum absolute atomic E-state index is 0. The predicted molar refractivity (Wildman–Crippen MR) is 20.4 cm³/mol. The van der Waals surface area contributed by atoms with Crippen molar-refractivity contribution in [2.45, 2.75) is 22.2 Å². The summed E-state index contributed by atoms with van der Waals surface area (Å²) in [6.07, 6.45) is 2.73. The monoisotopic (exact) mass is 232 g/mol. The first-order valence-electron chi connectivity index (χ1n) is 1.94. The van der Waals surface area contributed by atoms with Gasteiger partial charge in [0.2, 0.25) is 0 Å². The standard InChI is InChI=1S/C4H9.O.Tb/c1-3-4-2;;/h1,3-4H2,2H3;;/q;-2;+2. The topological polar surface area (TPSA) is 28.5 Å². The van der Waals surface area contributed by atoms with Crippen LogP contribution in [0.2, 0.25) is 2.39 Å². The summed E-state index contributed by atoms with van der Waals surface area (Å²) >= 11 is 2.21. The van der Waals surface area contributed by atoms with Gasteiger partial charge in [-0.05, 0) is 0 Å². The van der Waals surface area contributed by atoms with E-state index in [2.05, 4.69) is 43.6 Å². The molecule has 0 spiro atoms. The van der Waals surface area contributed by atoms with Crippen LogP contribution in [0.1, 0.15) is 19.8 Å². The summed E-state index contributed by atoms with van der Waals surface area (Å²) < 4.78 is 1.34. The second-order valence-corrected chi connectivity index (χ2v) is 2.09. The molecule has 0 unspecified atom stereocenters. The molecule has 1 nitrogen and oxygen atoms in total. The van der Waals surface area contributed by atoms with Crippen LogP contribution in [0.3, 0.4) is 0 Å². The Hall–Kier alpha value is 1.25. The zero-order valence-corrected chi connectivity index (χ0v) is 6.00. The van der Waals surface area contributed by atoms with Crippen LogP contribution in [0.15, 0.2) is 0 Å². The average Bonchev–Trinajstić information content (AvgIpc) is 1.41. The molecule has 0 heterocycles. The maximum atomic E-state index is 2.21. The third kappa shape index (κ3) is 8.98. The van der Waals surface area contributed by atoms with Crippen LogP contribution in [0.4, 0.5) is 0 Å². The fourth-order valence-electron chi connectivity index (χ4n) is 0.118. The molecule has 0 aliphatic carbocycles. The summed E-state index contributed by atoms with van der Waals surface area (Å²) in [4.78, 5) is 0. The van der Waals surface area contributed by atoms with Gasteiger partial charge < -0.3 is 5.48 Å². The van der Waals surface area contributed by atoms with Crippen molar-refractivity contribution in [3.8, 4) is 0 Å². The summed E-state index contributed by atoms with van der Waals surface area (Å²) in [6, 6.07) is 0. The van der Waals surface area contributed by atoms with E-state index in [9.17, 15) is 0 Å². The Balaban J connectivity index is 0. The molecule has 0 bridgehead atoms. The van der Waals surface area contributed by atoms with Crippen LogP contribution in [-0.2, 0) is 5.48 Å². The Morgan fingerprint density at radius 2 is 2.00 bits per heavy atom. The third-order valence-corrected chi connectivity index (χ3v) is 1.23. The molecule has 0 aliphatic rings. The van der Waals surface area contributed by atoms with Crippen molar-refractivity contribution >= 4 is 0 Å². The van der Waals surface area contributed by atoms with E-state index in [1.54, 1.807) is 0 Å². The van der Waals surface area contributed by atoms with E-state index in [-0.39, 0.29) is 5.48 Å². The Labute approximate surface area is 63.7 Å². The van der Waals surface area contributed by atoms with Gasteiger partial charge in [0, 0.05) is 0 Å². The van der Waals surface area contributed by atoms with E-state index >= 15 is 0 Å². The molecule has 0 saturated carbocycles. The van der Waals surface area contributed by atoms with Gasteiger partial charge in [-0.3, -0.25) is 0 Å². The Morgan fingerprint density at radius 3 is 2.00 bits per heavy atom. The molecule has 6 heavy (non-hydrogen) atoms. The van der Waals surface area contributed by atoms with Gasteiger partial charge in [0.05, 0.1) is 0 Å². The fourth-order valence-corrected chi connectivity index (χ4v) is 0.874. The molecule has 0 N–H and O–H groups in total. The molecular formula is C4H9OTb. The predicted octanol–water partition coefficient (Wildman–Crippen LogP) is 1.64. The quantitative estimate of drug-likeness (QED) is 0.692. The molecular weight excluding hydrogens is 223 g/mol. The van der Waals surface area contributed by atoms with Crippen molar-refractivity contribution in [3.05, 3.63) is 0 Å². The van der Waals surface area contributed by atoms with Gasteiger partial charge in [-0.25, -0.2) is 0 Å². The molecule has 0 saturated heterocycles. The second kappa shape index (κ2) is 9.53. The van der Waals surface area contributed by atoms with Crippen LogP contribution >= 0.6 is 0 Å². The Morgan fingerprint density at radius 1 is 1.50 bits per heavy atom. The van der Waals surface area contributed by atoms with Crippen molar-refractivity contribution < 1.29 is 42.1 Å². The number of rotatable bonds is 2. The van der Waals surface area contributed by atoms with Gasteiger partial charge in [0.15, 0.2) is 0 Å². The van der Waals surface area contributed by atoms with Gasteiger partial charge in [0.1, 0.15) is 0 Å². The normalized spacial score (nSPS) is 7.00. The zero-order valence-electron chi connectivity index (χ0n) is 3.86. The number of unbranched alkanes of at least 4 members (excludes halogenated alkanes) is 1. The summed E-state index contributed by atoms with van der Waals surface area (Å²) in [5.41, 5.74) is 0. The first kappa shape index (κ1) is 10.3. The molecule has 0 fully saturated rings. The van der Waals surface area contributed by atoms with Crippen LogP contribution in [0.25, 0.3) is 0 Å². The van der Waals surface area contributed by atoms with Gasteiger partial charge >= 0.3 is 58.8 Å².